The van der Waals surface area contributed by atoms with Crippen molar-refractivity contribution in [2.24, 2.45) is 0 Å². The Bertz CT molecular complexity index is 455. The molecule has 0 saturated heterocycles. The zero-order valence-corrected chi connectivity index (χ0v) is 13.0. The van der Waals surface area contributed by atoms with Gasteiger partial charge >= 0.3 is 0 Å². The topological polar surface area (TPSA) is 41.1 Å². The largest absolute Gasteiger partial charge is 0.352 e. The summed E-state index contributed by atoms with van der Waals surface area (Å²) < 4.78 is 0. The minimum absolute atomic E-state index is 0.102. The van der Waals surface area contributed by atoms with Crippen molar-refractivity contribution in [3.8, 4) is 0 Å². The number of rotatable bonds is 5. The molecular weight excluding hydrogens is 248 g/mol. The van der Waals surface area contributed by atoms with Crippen LogP contribution in [0.4, 0.5) is 0 Å². The second kappa shape index (κ2) is 5.96. The molecule has 1 amide bonds. The van der Waals surface area contributed by atoms with E-state index in [1.54, 1.807) is 0 Å². The van der Waals surface area contributed by atoms with Gasteiger partial charge in [-0.3, -0.25) is 4.79 Å². The molecule has 0 aliphatic heterocycles. The van der Waals surface area contributed by atoms with Crippen LogP contribution in [0.25, 0.3) is 0 Å². The second-order valence-electron chi connectivity index (χ2n) is 6.82. The summed E-state index contributed by atoms with van der Waals surface area (Å²) in [5, 5.41) is 6.27. The Morgan fingerprint density at radius 1 is 1.25 bits per heavy atom. The van der Waals surface area contributed by atoms with Crippen molar-refractivity contribution in [1.82, 2.24) is 10.6 Å². The summed E-state index contributed by atoms with van der Waals surface area (Å²) in [5.41, 5.74) is 2.73. The van der Waals surface area contributed by atoms with Crippen molar-refractivity contribution in [2.75, 3.05) is 6.54 Å². The van der Waals surface area contributed by atoms with E-state index in [1.807, 2.05) is 0 Å². The Hall–Kier alpha value is -1.35. The van der Waals surface area contributed by atoms with Gasteiger partial charge in [-0.1, -0.05) is 45.0 Å². The third-order valence-corrected chi connectivity index (χ3v) is 3.79. The van der Waals surface area contributed by atoms with Gasteiger partial charge in [0.25, 0.3) is 0 Å². The molecule has 20 heavy (non-hydrogen) atoms. The lowest BCUT2D eigenvalue weighted by atomic mass is 9.86. The normalized spacial score (nSPS) is 16.8. The van der Waals surface area contributed by atoms with E-state index in [1.165, 1.54) is 11.1 Å². The highest BCUT2D eigenvalue weighted by Crippen LogP contribution is 2.23. The highest BCUT2D eigenvalue weighted by molar-refractivity contribution is 5.78. The van der Waals surface area contributed by atoms with Crippen LogP contribution in [0.5, 0.6) is 0 Å². The molecule has 0 spiro atoms. The van der Waals surface area contributed by atoms with Crippen molar-refractivity contribution in [2.45, 2.75) is 58.0 Å². The van der Waals surface area contributed by atoms with E-state index in [2.05, 4.69) is 62.6 Å². The molecule has 1 unspecified atom stereocenters. The molecule has 110 valence electrons. The van der Waals surface area contributed by atoms with E-state index in [-0.39, 0.29) is 17.4 Å². The first kappa shape index (κ1) is 15.0. The Labute approximate surface area is 122 Å². The van der Waals surface area contributed by atoms with Crippen LogP contribution in [0.1, 0.15) is 57.7 Å². The monoisotopic (exact) mass is 274 g/mol. The van der Waals surface area contributed by atoms with Gasteiger partial charge in [0.15, 0.2) is 0 Å². The molecular formula is C17H26N2O. The quantitative estimate of drug-likeness (QED) is 0.867. The lowest BCUT2D eigenvalue weighted by Crippen LogP contribution is -2.36. The molecule has 2 rings (SSSR count). The maximum Gasteiger partial charge on any atom is 0.234 e. The number of hydrogen-bond acceptors (Lipinski definition) is 2. The van der Waals surface area contributed by atoms with Crippen LogP contribution < -0.4 is 10.6 Å². The molecule has 1 fully saturated rings. The number of amides is 1. The van der Waals surface area contributed by atoms with Gasteiger partial charge in [0.1, 0.15) is 0 Å². The molecule has 1 aliphatic carbocycles. The van der Waals surface area contributed by atoms with Crippen LogP contribution in [0, 0.1) is 0 Å². The summed E-state index contributed by atoms with van der Waals surface area (Å²) in [5.74, 6) is 0.102. The molecule has 0 radical (unpaired) electrons. The van der Waals surface area contributed by atoms with Gasteiger partial charge in [0, 0.05) is 12.1 Å². The average Bonchev–Trinajstić information content (AvgIpc) is 3.19. The fourth-order valence-electron chi connectivity index (χ4n) is 2.14. The zero-order chi connectivity index (χ0) is 14.8. The predicted octanol–water partition coefficient (Wildman–Crippen LogP) is 2.91. The summed E-state index contributed by atoms with van der Waals surface area (Å²) >= 11 is 0. The van der Waals surface area contributed by atoms with Crippen LogP contribution in [-0.2, 0) is 10.2 Å². The summed E-state index contributed by atoms with van der Waals surface area (Å²) in [6.07, 6.45) is 2.27. The molecule has 3 nitrogen and oxygen atoms in total. The Morgan fingerprint density at radius 2 is 1.85 bits per heavy atom. The predicted molar refractivity (Wildman–Crippen MR) is 82.7 cm³/mol. The smallest absolute Gasteiger partial charge is 0.234 e. The van der Waals surface area contributed by atoms with E-state index in [9.17, 15) is 4.79 Å². The van der Waals surface area contributed by atoms with E-state index in [0.717, 1.165) is 12.8 Å². The molecule has 1 saturated carbocycles. The molecule has 0 heterocycles. The van der Waals surface area contributed by atoms with Gasteiger partial charge in [-0.25, -0.2) is 0 Å². The van der Waals surface area contributed by atoms with Gasteiger partial charge in [0.05, 0.1) is 6.54 Å². The third-order valence-electron chi connectivity index (χ3n) is 3.79. The van der Waals surface area contributed by atoms with E-state index in [0.29, 0.717) is 12.6 Å². The van der Waals surface area contributed by atoms with Crippen LogP contribution in [0.3, 0.4) is 0 Å². The van der Waals surface area contributed by atoms with E-state index in [4.69, 9.17) is 0 Å². The van der Waals surface area contributed by atoms with Crippen LogP contribution in [0.15, 0.2) is 24.3 Å². The van der Waals surface area contributed by atoms with Gasteiger partial charge < -0.3 is 10.6 Å². The number of benzene rings is 1. The van der Waals surface area contributed by atoms with Gasteiger partial charge in [-0.2, -0.15) is 0 Å². The fraction of sp³-hybridized carbons (Fsp3) is 0.588. The van der Waals surface area contributed by atoms with Crippen LogP contribution in [0.2, 0.25) is 0 Å². The lowest BCUT2D eigenvalue weighted by molar-refractivity contribution is -0.120. The van der Waals surface area contributed by atoms with Crippen molar-refractivity contribution >= 4 is 5.91 Å². The van der Waals surface area contributed by atoms with Crippen LogP contribution in [-0.4, -0.2) is 18.5 Å². The SMILES string of the molecule is CC(NCC(=O)NC1CC1)c1ccc(C(C)(C)C)cc1. The number of hydrogen-bond donors (Lipinski definition) is 2. The molecule has 1 aliphatic rings. The summed E-state index contributed by atoms with van der Waals surface area (Å²) in [7, 11) is 0. The minimum atomic E-state index is 0.102. The van der Waals surface area contributed by atoms with E-state index >= 15 is 0 Å². The number of carbonyl (C=O) groups excluding carboxylic acids is 1. The molecule has 1 aromatic rings. The Morgan fingerprint density at radius 3 is 2.35 bits per heavy atom. The van der Waals surface area contributed by atoms with Gasteiger partial charge in [0.2, 0.25) is 5.91 Å². The van der Waals surface area contributed by atoms with Crippen molar-refractivity contribution in [1.29, 1.82) is 0 Å². The minimum Gasteiger partial charge on any atom is -0.352 e. The number of nitrogens with one attached hydrogen (secondary N) is 2. The fourth-order valence-corrected chi connectivity index (χ4v) is 2.14. The van der Waals surface area contributed by atoms with Crippen molar-refractivity contribution < 1.29 is 4.79 Å². The average molecular weight is 274 g/mol. The molecule has 0 bridgehead atoms. The van der Waals surface area contributed by atoms with Crippen molar-refractivity contribution in [3.05, 3.63) is 35.4 Å². The first-order chi connectivity index (χ1) is 9.36. The molecule has 2 N–H and O–H groups in total. The Kier molecular flexibility index (Phi) is 4.48. The molecule has 3 heteroatoms. The maximum atomic E-state index is 11.6. The molecule has 1 atom stereocenters. The highest BCUT2D eigenvalue weighted by atomic mass is 16.2. The maximum absolute atomic E-state index is 11.6. The Balaban J connectivity index is 1.85. The summed E-state index contributed by atoms with van der Waals surface area (Å²) in [4.78, 5) is 11.6. The zero-order valence-electron chi connectivity index (χ0n) is 13.0. The van der Waals surface area contributed by atoms with Gasteiger partial charge in [-0.05, 0) is 36.3 Å². The summed E-state index contributed by atoms with van der Waals surface area (Å²) in [6, 6.07) is 9.28. The van der Waals surface area contributed by atoms with Crippen LogP contribution >= 0.6 is 0 Å². The molecule has 0 aromatic heterocycles. The first-order valence-corrected chi connectivity index (χ1v) is 7.49. The van der Waals surface area contributed by atoms with Crippen molar-refractivity contribution in [3.63, 3.8) is 0 Å². The number of carbonyl (C=O) groups is 1. The molecule has 1 aromatic carbocycles. The highest BCUT2D eigenvalue weighted by Gasteiger charge is 2.23. The van der Waals surface area contributed by atoms with E-state index < -0.39 is 0 Å². The van der Waals surface area contributed by atoms with Gasteiger partial charge in [-0.15, -0.1) is 0 Å². The second-order valence-corrected chi connectivity index (χ2v) is 6.82. The summed E-state index contributed by atoms with van der Waals surface area (Å²) in [6.45, 7) is 9.12. The standard InChI is InChI=1S/C17H26N2O/c1-12(18-11-16(20)19-15-9-10-15)13-5-7-14(8-6-13)17(2,3)4/h5-8,12,15,18H,9-11H2,1-4H3,(H,19,20). The third kappa shape index (κ3) is 4.34. The lowest BCUT2D eigenvalue weighted by Gasteiger charge is -2.20. The first-order valence-electron chi connectivity index (χ1n) is 7.49.